The molecular weight excluding hydrogens is 815 g/mol. The second-order valence-corrected chi connectivity index (χ2v) is 18.0. The monoisotopic (exact) mass is 862 g/mol. The molecule has 4 aromatic heterocycles. The maximum Gasteiger partial charge on any atom is 0.329 e. The van der Waals surface area contributed by atoms with E-state index in [1.807, 2.05) is 24.3 Å². The Kier molecular flexibility index (Phi) is 9.92. The van der Waals surface area contributed by atoms with Crippen LogP contribution < -0.4 is 21.2 Å². The maximum atomic E-state index is 14.3. The zero-order chi connectivity index (χ0) is 43.1. The highest BCUT2D eigenvalue weighted by Gasteiger charge is 2.45. The summed E-state index contributed by atoms with van der Waals surface area (Å²) in [7, 11) is 1.68. The van der Waals surface area contributed by atoms with Gasteiger partial charge in [0.05, 0.1) is 59.8 Å². The van der Waals surface area contributed by atoms with Gasteiger partial charge in [0.15, 0.2) is 11.3 Å². The van der Waals surface area contributed by atoms with Crippen LogP contribution in [0, 0.1) is 17.8 Å². The lowest BCUT2D eigenvalue weighted by Crippen LogP contribution is -2.69. The van der Waals surface area contributed by atoms with E-state index in [2.05, 4.69) is 47.4 Å². The highest BCUT2D eigenvalue weighted by molar-refractivity contribution is 6.08. The molecule has 1 aromatic carbocycles. The van der Waals surface area contributed by atoms with E-state index in [4.69, 9.17) is 9.72 Å². The minimum absolute atomic E-state index is 0.00387. The number of aryl methyl sites for hydroxylation is 1. The molecule has 17 nitrogen and oxygen atoms in total. The number of piperazine rings is 1. The molecule has 1 saturated carbocycles. The van der Waals surface area contributed by atoms with Crippen LogP contribution in [-0.4, -0.2) is 125 Å². The number of alkyl halides is 2. The van der Waals surface area contributed by atoms with Crippen LogP contribution in [0.25, 0.3) is 16.7 Å². The van der Waals surface area contributed by atoms with Gasteiger partial charge in [-0.05, 0) is 69.1 Å². The fourth-order valence-electron chi connectivity index (χ4n) is 11.0. The summed E-state index contributed by atoms with van der Waals surface area (Å²) < 4.78 is 40.5. The number of morpholine rings is 1. The molecule has 2 N–H and O–H groups in total. The van der Waals surface area contributed by atoms with Gasteiger partial charge in [0.2, 0.25) is 11.8 Å². The Labute approximate surface area is 360 Å². The number of ether oxygens (including phenoxy) is 1. The summed E-state index contributed by atoms with van der Waals surface area (Å²) in [5, 5.41) is 13.7. The Hall–Kier alpha value is -5.97. The predicted octanol–water partition coefficient (Wildman–Crippen LogP) is 3.27. The molecule has 1 aliphatic carbocycles. The van der Waals surface area contributed by atoms with Crippen molar-refractivity contribution < 1.29 is 27.9 Å². The standard InChI is InChI=1S/C44H48F2N12O5/c1-52-39-26(4-2-6-34(39)58(44(52)62)35-11-12-37(59)50-43(35)61)5-3-14-53-20-28-16-29(21-53)54(28)19-25-7-9-27(10-8-25)57-23-33(38(51-57)40(45)46)48-42(60)32-18-47-56-15-13-36(49-41(32)56)55-22-31-17-30(55)24-63-31/h2,4,6,13,15,18,23,25,27-31,35,40H,7-12,14,16-17,19-22,24H2,1H3,(H,48,60)(H,50,59,61)/t25-,27-,28?,29?,30-,31-,35?/m1/s1. The second kappa shape index (κ2) is 15.7. The number of para-hydroxylation sites is 1. The maximum absolute atomic E-state index is 14.3. The number of anilines is 2. The molecule has 328 valence electrons. The SMILES string of the molecule is Cn1c(=O)n(C2CCC(=O)NC2=O)c2cccc(C#CCN3CC4CC(C3)N4C[C@H]3CC[C@H](n4cc(NC(=O)c5cnn6ccc(N7C[C@H]8C[C@@H]7CO8)nc56)c(C(F)F)n4)CC3)c21. The van der Waals surface area contributed by atoms with Crippen LogP contribution >= 0.6 is 0 Å². The summed E-state index contributed by atoms with van der Waals surface area (Å²) in [5.41, 5.74) is 1.79. The van der Waals surface area contributed by atoms with Crippen molar-refractivity contribution in [1.82, 2.24) is 48.6 Å². The number of hydrogen-bond acceptors (Lipinski definition) is 11. The van der Waals surface area contributed by atoms with Gasteiger partial charge in [-0.2, -0.15) is 10.2 Å². The van der Waals surface area contributed by atoms with Crippen molar-refractivity contribution in [3.05, 3.63) is 70.2 Å². The number of carbonyl (C=O) groups is 3. The zero-order valence-corrected chi connectivity index (χ0v) is 34.8. The fraction of sp³-hybridized carbons (Fsp3) is 0.523. The van der Waals surface area contributed by atoms with Gasteiger partial charge in [0, 0.05) is 64.1 Å². The molecule has 10 heterocycles. The molecule has 63 heavy (non-hydrogen) atoms. The molecule has 5 atom stereocenters. The minimum Gasteiger partial charge on any atom is -0.374 e. The van der Waals surface area contributed by atoms with Crippen molar-refractivity contribution in [2.24, 2.45) is 13.0 Å². The normalized spacial score (nSPS) is 27.2. The van der Waals surface area contributed by atoms with Crippen molar-refractivity contribution in [3.63, 3.8) is 0 Å². The van der Waals surface area contributed by atoms with Gasteiger partial charge in [-0.3, -0.25) is 43.3 Å². The van der Waals surface area contributed by atoms with Gasteiger partial charge in [-0.25, -0.2) is 23.1 Å². The van der Waals surface area contributed by atoms with E-state index in [1.54, 1.807) is 24.1 Å². The summed E-state index contributed by atoms with van der Waals surface area (Å²) in [5.74, 6) is 6.51. The van der Waals surface area contributed by atoms with Crippen molar-refractivity contribution in [2.75, 3.05) is 49.5 Å². The lowest BCUT2D eigenvalue weighted by Gasteiger charge is -2.57. The molecule has 5 aromatic rings. The average molecular weight is 863 g/mol. The number of imidazole rings is 1. The first-order chi connectivity index (χ1) is 30.6. The lowest BCUT2D eigenvalue weighted by atomic mass is 9.81. The number of aromatic nitrogens is 7. The quantitative estimate of drug-likeness (QED) is 0.165. The van der Waals surface area contributed by atoms with Crippen LogP contribution in [0.1, 0.15) is 91.5 Å². The molecular formula is C44H48F2N12O5. The first kappa shape index (κ1) is 39.8. The Balaban J connectivity index is 0.690. The number of carbonyl (C=O) groups excluding carboxylic acids is 3. The molecule has 7 aliphatic rings. The molecule has 3 amide bonds. The van der Waals surface area contributed by atoms with E-state index in [9.17, 15) is 28.0 Å². The summed E-state index contributed by atoms with van der Waals surface area (Å²) in [6, 6.07) is 7.78. The van der Waals surface area contributed by atoms with Gasteiger partial charge in [-0.1, -0.05) is 17.9 Å². The van der Waals surface area contributed by atoms with Crippen molar-refractivity contribution in [3.8, 4) is 11.8 Å². The largest absolute Gasteiger partial charge is 0.374 e. The number of amides is 3. The molecule has 0 spiro atoms. The fourth-order valence-corrected chi connectivity index (χ4v) is 11.0. The summed E-state index contributed by atoms with van der Waals surface area (Å²) in [6.07, 6.45) is 8.14. The third-order valence-electron chi connectivity index (χ3n) is 14.2. The van der Waals surface area contributed by atoms with Gasteiger partial charge >= 0.3 is 5.69 Å². The zero-order valence-electron chi connectivity index (χ0n) is 34.8. The number of piperidine rings is 2. The van der Waals surface area contributed by atoms with Crippen molar-refractivity contribution in [2.45, 2.75) is 94.1 Å². The third kappa shape index (κ3) is 7.08. The van der Waals surface area contributed by atoms with Gasteiger partial charge in [-0.15, -0.1) is 0 Å². The molecule has 7 fully saturated rings. The van der Waals surface area contributed by atoms with E-state index >= 15 is 0 Å². The van der Waals surface area contributed by atoms with Gasteiger partial charge in [0.1, 0.15) is 17.4 Å². The van der Waals surface area contributed by atoms with Crippen molar-refractivity contribution >= 4 is 45.9 Å². The summed E-state index contributed by atoms with van der Waals surface area (Å²) in [6.45, 7) is 4.84. The Morgan fingerprint density at radius 2 is 1.84 bits per heavy atom. The molecule has 12 rings (SSSR count). The van der Waals surface area contributed by atoms with E-state index in [0.717, 1.165) is 70.5 Å². The summed E-state index contributed by atoms with van der Waals surface area (Å²) in [4.78, 5) is 63.2. The third-order valence-corrected chi connectivity index (χ3v) is 14.2. The second-order valence-electron chi connectivity index (χ2n) is 18.0. The van der Waals surface area contributed by atoms with Crippen LogP contribution in [0.2, 0.25) is 0 Å². The minimum atomic E-state index is -2.86. The molecule has 6 aliphatic heterocycles. The highest BCUT2D eigenvalue weighted by Crippen LogP contribution is 2.39. The first-order valence-electron chi connectivity index (χ1n) is 22.0. The topological polar surface area (TPSA) is 169 Å². The molecule has 19 heteroatoms. The average Bonchev–Trinajstić information content (AvgIpc) is 4.13. The Morgan fingerprint density at radius 1 is 1.02 bits per heavy atom. The van der Waals surface area contributed by atoms with Crippen LogP contribution in [0.5, 0.6) is 0 Å². The number of halogens is 2. The van der Waals surface area contributed by atoms with Gasteiger partial charge in [0.25, 0.3) is 12.3 Å². The first-order valence-corrected chi connectivity index (χ1v) is 22.0. The van der Waals surface area contributed by atoms with Crippen LogP contribution in [0.3, 0.4) is 0 Å². The molecule has 3 unspecified atom stereocenters. The molecule has 0 radical (unpaired) electrons. The number of nitrogens with zero attached hydrogens (tertiary/aromatic N) is 10. The van der Waals surface area contributed by atoms with Crippen molar-refractivity contribution in [1.29, 1.82) is 0 Å². The predicted molar refractivity (Wildman–Crippen MR) is 225 cm³/mol. The van der Waals surface area contributed by atoms with Gasteiger partial charge < -0.3 is 15.0 Å². The van der Waals surface area contributed by atoms with E-state index in [-0.39, 0.29) is 53.9 Å². The van der Waals surface area contributed by atoms with Crippen LogP contribution in [-0.2, 0) is 21.4 Å². The number of rotatable bonds is 9. The molecule has 6 saturated heterocycles. The number of benzene rings is 1. The number of fused-ring (bicyclic) bond motifs is 6. The Morgan fingerprint density at radius 3 is 2.59 bits per heavy atom. The number of nitrogens with one attached hydrogen (secondary N) is 2. The number of hydrogen-bond donors (Lipinski definition) is 2. The number of imide groups is 1. The van der Waals surface area contributed by atoms with E-state index < -0.39 is 30.0 Å². The summed E-state index contributed by atoms with van der Waals surface area (Å²) >= 11 is 0. The smallest absolute Gasteiger partial charge is 0.329 e. The van der Waals surface area contributed by atoms with Crippen LogP contribution in [0.15, 0.2) is 47.7 Å². The highest BCUT2D eigenvalue weighted by atomic mass is 19.3. The Bertz CT molecular complexity index is 2760. The van der Waals surface area contributed by atoms with E-state index in [0.29, 0.717) is 53.4 Å². The van der Waals surface area contributed by atoms with E-state index in [1.165, 1.54) is 19.8 Å². The van der Waals surface area contributed by atoms with Crippen LogP contribution in [0.4, 0.5) is 20.3 Å². The molecule has 4 bridgehead atoms. The lowest BCUT2D eigenvalue weighted by molar-refractivity contribution is -0.135.